The van der Waals surface area contributed by atoms with E-state index < -0.39 is 12.1 Å². The Balaban J connectivity index is 2.15. The van der Waals surface area contributed by atoms with Gasteiger partial charge >= 0.3 is 0 Å². The molecular weight excluding hydrogens is 425 g/mol. The number of hydrogen-bond acceptors (Lipinski definition) is 5. The molecule has 0 aliphatic carbocycles. The minimum atomic E-state index is -0.786. The molecule has 1 unspecified atom stereocenters. The summed E-state index contributed by atoms with van der Waals surface area (Å²) in [6, 6.07) is 7.38. The minimum Gasteiger partial charge on any atom is -0.384 e. The van der Waals surface area contributed by atoms with E-state index in [4.69, 9.17) is 28.9 Å². The van der Waals surface area contributed by atoms with E-state index in [1.807, 2.05) is 13.8 Å². The molecular formula is C21H27Cl2N5O2. The number of aromatic nitrogens is 1. The maximum atomic E-state index is 12.9. The van der Waals surface area contributed by atoms with Gasteiger partial charge in [-0.1, -0.05) is 49.2 Å². The van der Waals surface area contributed by atoms with Gasteiger partial charge in [-0.25, -0.2) is 4.98 Å². The number of nitrogens with two attached hydrogens (primary N) is 1. The van der Waals surface area contributed by atoms with Crippen LogP contribution in [0.4, 0.5) is 5.82 Å². The fraction of sp³-hybridized carbons (Fsp3) is 0.381. The molecule has 7 nitrogen and oxygen atoms in total. The number of likely N-dealkylation sites (N-methyl/N-ethyl adjacent to an activating group) is 1. The van der Waals surface area contributed by atoms with Crippen LogP contribution in [-0.2, 0) is 22.6 Å². The number of nitrogens with one attached hydrogen (secondary N) is 3. The molecule has 0 bridgehead atoms. The number of nitrogen functional groups attached to an aromatic ring is 1. The van der Waals surface area contributed by atoms with E-state index in [0.717, 1.165) is 11.1 Å². The fourth-order valence-corrected chi connectivity index (χ4v) is 3.31. The van der Waals surface area contributed by atoms with Gasteiger partial charge in [-0.15, -0.1) is 0 Å². The van der Waals surface area contributed by atoms with Crippen LogP contribution in [-0.4, -0.2) is 35.9 Å². The lowest BCUT2D eigenvalue weighted by atomic mass is 10.0. The Labute approximate surface area is 186 Å². The summed E-state index contributed by atoms with van der Waals surface area (Å²) in [6.07, 6.45) is 1.86. The highest BCUT2D eigenvalue weighted by Crippen LogP contribution is 2.23. The molecule has 5 N–H and O–H groups in total. The van der Waals surface area contributed by atoms with E-state index in [1.54, 1.807) is 43.6 Å². The third-order valence-corrected chi connectivity index (χ3v) is 5.37. The number of halogens is 2. The van der Waals surface area contributed by atoms with Gasteiger partial charge in [0.2, 0.25) is 11.8 Å². The van der Waals surface area contributed by atoms with Crippen LogP contribution in [0.25, 0.3) is 0 Å². The highest BCUT2D eigenvalue weighted by Gasteiger charge is 2.27. The van der Waals surface area contributed by atoms with Crippen molar-refractivity contribution < 1.29 is 9.59 Å². The number of hydrogen-bond donors (Lipinski definition) is 4. The van der Waals surface area contributed by atoms with Crippen molar-refractivity contribution in [2.24, 2.45) is 5.92 Å². The molecule has 9 heteroatoms. The van der Waals surface area contributed by atoms with Gasteiger partial charge in [-0.2, -0.15) is 0 Å². The lowest BCUT2D eigenvalue weighted by molar-refractivity contribution is -0.130. The van der Waals surface area contributed by atoms with E-state index >= 15 is 0 Å². The monoisotopic (exact) mass is 451 g/mol. The zero-order valence-corrected chi connectivity index (χ0v) is 18.7. The van der Waals surface area contributed by atoms with Crippen molar-refractivity contribution in [3.05, 3.63) is 57.7 Å². The van der Waals surface area contributed by atoms with Crippen LogP contribution in [0.5, 0.6) is 0 Å². The van der Waals surface area contributed by atoms with Gasteiger partial charge in [-0.3, -0.25) is 9.59 Å². The average molecular weight is 452 g/mol. The molecule has 0 aliphatic rings. The van der Waals surface area contributed by atoms with Crippen molar-refractivity contribution in [3.8, 4) is 0 Å². The molecule has 0 fully saturated rings. The molecule has 1 heterocycles. The van der Waals surface area contributed by atoms with Gasteiger partial charge in [0.15, 0.2) is 0 Å². The molecule has 30 heavy (non-hydrogen) atoms. The SMILES string of the molecule is CNC(C(=O)N[C@@H](Cc1ccc(Cl)c(Cl)c1)C(=O)NCc1ccc(N)nc1)C(C)C. The van der Waals surface area contributed by atoms with Crippen LogP contribution in [0.3, 0.4) is 0 Å². The summed E-state index contributed by atoms with van der Waals surface area (Å²) in [4.78, 5) is 29.6. The third-order valence-electron chi connectivity index (χ3n) is 4.63. The minimum absolute atomic E-state index is 0.0598. The highest BCUT2D eigenvalue weighted by atomic mass is 35.5. The second-order valence-electron chi connectivity index (χ2n) is 7.33. The fourth-order valence-electron chi connectivity index (χ4n) is 2.99. The molecule has 162 valence electrons. The second-order valence-corrected chi connectivity index (χ2v) is 8.15. The van der Waals surface area contributed by atoms with E-state index in [2.05, 4.69) is 20.9 Å². The quantitative estimate of drug-likeness (QED) is 0.468. The number of pyridine rings is 1. The molecule has 0 spiro atoms. The van der Waals surface area contributed by atoms with Crippen LogP contribution in [0.1, 0.15) is 25.0 Å². The summed E-state index contributed by atoms with van der Waals surface area (Å²) in [5.74, 6) is -0.0992. The molecule has 1 aromatic heterocycles. The lowest BCUT2D eigenvalue weighted by Gasteiger charge is -2.24. The molecule has 2 rings (SSSR count). The van der Waals surface area contributed by atoms with Crippen LogP contribution >= 0.6 is 23.2 Å². The van der Waals surface area contributed by atoms with Crippen LogP contribution in [0, 0.1) is 5.92 Å². The first-order valence-corrected chi connectivity index (χ1v) is 10.4. The molecule has 0 saturated carbocycles. The zero-order valence-electron chi connectivity index (χ0n) is 17.2. The van der Waals surface area contributed by atoms with Crippen LogP contribution < -0.4 is 21.7 Å². The Morgan fingerprint density at radius 1 is 1.07 bits per heavy atom. The van der Waals surface area contributed by atoms with Crippen LogP contribution in [0.15, 0.2) is 36.5 Å². The van der Waals surface area contributed by atoms with Crippen molar-refractivity contribution in [3.63, 3.8) is 0 Å². The lowest BCUT2D eigenvalue weighted by Crippen LogP contribution is -2.54. The Hall–Kier alpha value is -2.35. The summed E-state index contributed by atoms with van der Waals surface area (Å²) in [5.41, 5.74) is 7.17. The molecule has 1 aromatic carbocycles. The van der Waals surface area contributed by atoms with Gasteiger partial charge in [0.1, 0.15) is 11.9 Å². The Morgan fingerprint density at radius 3 is 2.33 bits per heavy atom. The summed E-state index contributed by atoms with van der Waals surface area (Å²) in [6.45, 7) is 4.13. The Morgan fingerprint density at radius 2 is 1.77 bits per heavy atom. The van der Waals surface area contributed by atoms with Crippen LogP contribution in [0.2, 0.25) is 10.0 Å². The van der Waals surface area contributed by atoms with Gasteiger partial charge < -0.3 is 21.7 Å². The van der Waals surface area contributed by atoms with Gasteiger partial charge in [0.25, 0.3) is 0 Å². The standard InChI is InChI=1S/C21H27Cl2N5O2/c1-12(2)19(25-3)21(30)28-17(9-13-4-6-15(22)16(23)8-13)20(29)27-11-14-5-7-18(24)26-10-14/h4-8,10,12,17,19,25H,9,11H2,1-3H3,(H2,24,26)(H,27,29)(H,28,30)/t17-,19?/m0/s1. The van der Waals surface area contributed by atoms with Crippen molar-refractivity contribution in [2.45, 2.75) is 38.9 Å². The largest absolute Gasteiger partial charge is 0.384 e. The molecule has 2 atom stereocenters. The Bertz CT molecular complexity index is 874. The molecule has 0 saturated heterocycles. The van der Waals surface area contributed by atoms with E-state index in [9.17, 15) is 9.59 Å². The first-order chi connectivity index (χ1) is 14.2. The molecule has 0 radical (unpaired) electrons. The normalized spacial score (nSPS) is 13.0. The number of benzene rings is 1. The first kappa shape index (κ1) is 23.9. The van der Waals surface area contributed by atoms with Crippen molar-refractivity contribution in [1.82, 2.24) is 20.9 Å². The number of carbonyl (C=O) groups is 2. The second kappa shape index (κ2) is 11.2. The third kappa shape index (κ3) is 6.86. The van der Waals surface area contributed by atoms with Crippen molar-refractivity contribution >= 4 is 40.8 Å². The smallest absolute Gasteiger partial charge is 0.243 e. The topological polar surface area (TPSA) is 109 Å². The predicted molar refractivity (Wildman–Crippen MR) is 120 cm³/mol. The summed E-state index contributed by atoms with van der Waals surface area (Å²) < 4.78 is 0. The van der Waals surface area contributed by atoms with E-state index in [1.165, 1.54) is 0 Å². The summed E-state index contributed by atoms with van der Waals surface area (Å²) in [7, 11) is 1.71. The average Bonchev–Trinajstić information content (AvgIpc) is 2.69. The van der Waals surface area contributed by atoms with E-state index in [0.29, 0.717) is 15.9 Å². The first-order valence-electron chi connectivity index (χ1n) is 9.61. The zero-order chi connectivity index (χ0) is 22.3. The maximum absolute atomic E-state index is 12.9. The highest BCUT2D eigenvalue weighted by molar-refractivity contribution is 6.42. The van der Waals surface area contributed by atoms with E-state index in [-0.39, 0.29) is 30.7 Å². The number of anilines is 1. The van der Waals surface area contributed by atoms with Crippen molar-refractivity contribution in [1.29, 1.82) is 0 Å². The van der Waals surface area contributed by atoms with Gasteiger partial charge in [-0.05, 0) is 42.3 Å². The number of amides is 2. The van der Waals surface area contributed by atoms with Gasteiger partial charge in [0, 0.05) is 19.2 Å². The number of carbonyl (C=O) groups excluding carboxylic acids is 2. The number of nitrogens with zero attached hydrogens (tertiary/aromatic N) is 1. The summed E-state index contributed by atoms with van der Waals surface area (Å²) in [5, 5.41) is 9.50. The van der Waals surface area contributed by atoms with Gasteiger partial charge in [0.05, 0.1) is 16.1 Å². The number of rotatable bonds is 9. The molecule has 2 aromatic rings. The molecule has 2 amide bonds. The molecule has 0 aliphatic heterocycles. The van der Waals surface area contributed by atoms with Crippen molar-refractivity contribution in [2.75, 3.05) is 12.8 Å². The maximum Gasteiger partial charge on any atom is 0.243 e. The predicted octanol–water partition coefficient (Wildman–Crippen LogP) is 2.56. The Kier molecular flexibility index (Phi) is 8.89. The summed E-state index contributed by atoms with van der Waals surface area (Å²) >= 11 is 12.1.